The summed E-state index contributed by atoms with van der Waals surface area (Å²) in [6.45, 7) is 4.13. The third kappa shape index (κ3) is 4.93. The van der Waals surface area contributed by atoms with Crippen LogP contribution in [0.2, 0.25) is 0 Å². The number of hydrogen-bond donors (Lipinski definition) is 3. The van der Waals surface area contributed by atoms with Crippen LogP contribution in [0.3, 0.4) is 0 Å². The fourth-order valence-electron chi connectivity index (χ4n) is 2.28. The molecule has 1 atom stereocenters. The van der Waals surface area contributed by atoms with Crippen molar-refractivity contribution in [3.05, 3.63) is 23.8 Å². The summed E-state index contributed by atoms with van der Waals surface area (Å²) < 4.78 is 4.98. The van der Waals surface area contributed by atoms with E-state index in [4.69, 9.17) is 4.74 Å². The number of phenolic OH excluding ortho intramolecular Hbond substituents is 1. The number of amides is 1. The molecule has 0 radical (unpaired) electrons. The zero-order chi connectivity index (χ0) is 15.8. The molecule has 0 aliphatic heterocycles. The summed E-state index contributed by atoms with van der Waals surface area (Å²) in [5.74, 6) is -0.212. The van der Waals surface area contributed by atoms with E-state index < -0.39 is 12.0 Å². The third-order valence-electron chi connectivity index (χ3n) is 3.39. The average Bonchev–Trinajstić information content (AvgIpc) is 2.47. The number of aromatic hydroxyl groups is 1. The molecule has 5 heteroatoms. The van der Waals surface area contributed by atoms with E-state index in [0.717, 1.165) is 25.7 Å². The highest BCUT2D eigenvalue weighted by Crippen LogP contribution is 2.29. The molecule has 0 aliphatic carbocycles. The lowest BCUT2D eigenvalue weighted by Crippen LogP contribution is -2.38. The molecular formula is C16H25NO4. The number of aliphatic hydroxyl groups excluding tert-OH is 1. The molecule has 21 heavy (non-hydrogen) atoms. The maximum absolute atomic E-state index is 12.1. The number of benzene rings is 1. The third-order valence-corrected chi connectivity index (χ3v) is 3.39. The van der Waals surface area contributed by atoms with E-state index >= 15 is 0 Å². The second-order valence-electron chi connectivity index (χ2n) is 5.12. The number of hydrogen-bond acceptors (Lipinski definition) is 4. The zero-order valence-electron chi connectivity index (χ0n) is 12.9. The summed E-state index contributed by atoms with van der Waals surface area (Å²) >= 11 is 0. The van der Waals surface area contributed by atoms with Gasteiger partial charge in [-0.2, -0.15) is 0 Å². The Morgan fingerprint density at radius 2 is 1.90 bits per heavy atom. The maximum Gasteiger partial charge on any atom is 0.253 e. The molecule has 118 valence electrons. The van der Waals surface area contributed by atoms with Crippen molar-refractivity contribution in [2.75, 3.05) is 7.11 Å². The summed E-state index contributed by atoms with van der Waals surface area (Å²) in [5.41, 5.74) is 0.397. The molecule has 1 unspecified atom stereocenters. The van der Waals surface area contributed by atoms with Crippen molar-refractivity contribution in [2.45, 2.75) is 51.7 Å². The lowest BCUT2D eigenvalue weighted by atomic mass is 10.0. The minimum Gasteiger partial charge on any atom is -0.504 e. The topological polar surface area (TPSA) is 78.8 Å². The van der Waals surface area contributed by atoms with Crippen LogP contribution < -0.4 is 10.1 Å². The number of phenols is 1. The second-order valence-corrected chi connectivity index (χ2v) is 5.12. The lowest BCUT2D eigenvalue weighted by molar-refractivity contribution is -0.130. The van der Waals surface area contributed by atoms with Gasteiger partial charge in [0.1, 0.15) is 0 Å². The van der Waals surface area contributed by atoms with Crippen LogP contribution in [-0.2, 0) is 4.79 Å². The minimum absolute atomic E-state index is 0.0244. The number of ether oxygens (including phenoxy) is 1. The van der Waals surface area contributed by atoms with E-state index in [0.29, 0.717) is 5.56 Å². The number of nitrogens with one attached hydrogen (secondary N) is 1. The van der Waals surface area contributed by atoms with Crippen molar-refractivity contribution in [3.63, 3.8) is 0 Å². The van der Waals surface area contributed by atoms with Crippen LogP contribution in [-0.4, -0.2) is 29.3 Å². The van der Waals surface area contributed by atoms with Gasteiger partial charge < -0.3 is 20.3 Å². The van der Waals surface area contributed by atoms with Crippen LogP contribution >= 0.6 is 0 Å². The summed E-state index contributed by atoms with van der Waals surface area (Å²) in [5, 5.41) is 22.5. The van der Waals surface area contributed by atoms with Crippen LogP contribution in [0.4, 0.5) is 0 Å². The molecule has 5 nitrogen and oxygen atoms in total. The first kappa shape index (κ1) is 17.3. The van der Waals surface area contributed by atoms with Crippen LogP contribution in [0.1, 0.15) is 51.2 Å². The van der Waals surface area contributed by atoms with Crippen molar-refractivity contribution < 1.29 is 19.7 Å². The molecule has 0 aliphatic rings. The van der Waals surface area contributed by atoms with Gasteiger partial charge in [0.15, 0.2) is 17.6 Å². The van der Waals surface area contributed by atoms with E-state index in [9.17, 15) is 15.0 Å². The lowest BCUT2D eigenvalue weighted by Gasteiger charge is -2.20. The Kier molecular flexibility index (Phi) is 7.02. The van der Waals surface area contributed by atoms with Gasteiger partial charge in [0.25, 0.3) is 5.91 Å². The van der Waals surface area contributed by atoms with Gasteiger partial charge in [0, 0.05) is 6.04 Å². The fraction of sp³-hybridized carbons (Fsp3) is 0.562. The predicted molar refractivity (Wildman–Crippen MR) is 81.4 cm³/mol. The summed E-state index contributed by atoms with van der Waals surface area (Å²) in [7, 11) is 1.42. The summed E-state index contributed by atoms with van der Waals surface area (Å²) in [6, 6.07) is 4.46. The van der Waals surface area contributed by atoms with Crippen molar-refractivity contribution in [1.29, 1.82) is 0 Å². The smallest absolute Gasteiger partial charge is 0.253 e. The Morgan fingerprint density at radius 3 is 2.43 bits per heavy atom. The number of carbonyl (C=O) groups excluding carboxylic acids is 1. The first-order valence-electron chi connectivity index (χ1n) is 7.38. The van der Waals surface area contributed by atoms with Crippen LogP contribution in [0.15, 0.2) is 18.2 Å². The summed E-state index contributed by atoms with van der Waals surface area (Å²) in [4.78, 5) is 12.1. The highest BCUT2D eigenvalue weighted by molar-refractivity contribution is 5.82. The number of methoxy groups -OCH3 is 1. The second kappa shape index (κ2) is 8.52. The molecule has 0 heterocycles. The zero-order valence-corrected chi connectivity index (χ0v) is 12.9. The molecule has 1 aromatic rings. The fourth-order valence-corrected chi connectivity index (χ4v) is 2.28. The van der Waals surface area contributed by atoms with E-state index in [1.165, 1.54) is 25.3 Å². The molecule has 0 aromatic heterocycles. The highest BCUT2D eigenvalue weighted by Gasteiger charge is 2.21. The van der Waals surface area contributed by atoms with E-state index in [1.807, 2.05) is 0 Å². The van der Waals surface area contributed by atoms with Gasteiger partial charge >= 0.3 is 0 Å². The number of carbonyl (C=O) groups is 1. The van der Waals surface area contributed by atoms with Crippen LogP contribution in [0.25, 0.3) is 0 Å². The van der Waals surface area contributed by atoms with E-state index in [2.05, 4.69) is 19.2 Å². The largest absolute Gasteiger partial charge is 0.504 e. The van der Waals surface area contributed by atoms with Crippen molar-refractivity contribution in [1.82, 2.24) is 5.32 Å². The average molecular weight is 295 g/mol. The minimum atomic E-state index is -1.27. The maximum atomic E-state index is 12.1. The first-order chi connectivity index (χ1) is 10.0. The molecule has 1 rings (SSSR count). The van der Waals surface area contributed by atoms with Crippen molar-refractivity contribution >= 4 is 5.91 Å². The number of rotatable bonds is 8. The molecule has 0 saturated heterocycles. The van der Waals surface area contributed by atoms with E-state index in [-0.39, 0.29) is 17.5 Å². The Balaban J connectivity index is 2.77. The van der Waals surface area contributed by atoms with Gasteiger partial charge in [-0.1, -0.05) is 32.8 Å². The molecule has 1 amide bonds. The molecule has 0 bridgehead atoms. The van der Waals surface area contributed by atoms with E-state index in [1.54, 1.807) is 0 Å². The van der Waals surface area contributed by atoms with Gasteiger partial charge in [-0.05, 0) is 30.5 Å². The van der Waals surface area contributed by atoms with Gasteiger partial charge in [-0.15, -0.1) is 0 Å². The van der Waals surface area contributed by atoms with Crippen molar-refractivity contribution in [3.8, 4) is 11.5 Å². The van der Waals surface area contributed by atoms with Gasteiger partial charge in [0.2, 0.25) is 0 Å². The molecule has 0 spiro atoms. The van der Waals surface area contributed by atoms with Gasteiger partial charge in [0.05, 0.1) is 7.11 Å². The van der Waals surface area contributed by atoms with Gasteiger partial charge in [-0.3, -0.25) is 4.79 Å². The molecule has 1 aromatic carbocycles. The number of aliphatic hydroxyl groups is 1. The quantitative estimate of drug-likeness (QED) is 0.688. The Morgan fingerprint density at radius 1 is 1.29 bits per heavy atom. The molecule has 0 saturated carbocycles. The molecular weight excluding hydrogens is 270 g/mol. The summed E-state index contributed by atoms with van der Waals surface area (Å²) in [6.07, 6.45) is 2.48. The standard InChI is InChI=1S/C16H25NO4/c1-4-6-12(7-5-2)17-16(20)15(19)11-8-9-13(18)14(10-11)21-3/h8-10,12,15,18-19H,4-7H2,1-3H3,(H,17,20). The Bertz CT molecular complexity index is 456. The molecule has 0 fully saturated rings. The molecule has 3 N–H and O–H groups in total. The SMILES string of the molecule is CCCC(CCC)NC(=O)C(O)c1ccc(O)c(OC)c1. The van der Waals surface area contributed by atoms with Crippen LogP contribution in [0, 0.1) is 0 Å². The predicted octanol–water partition coefficient (Wildman–Crippen LogP) is 2.52. The Hall–Kier alpha value is -1.75. The first-order valence-corrected chi connectivity index (χ1v) is 7.38. The van der Waals surface area contributed by atoms with Gasteiger partial charge in [-0.25, -0.2) is 0 Å². The monoisotopic (exact) mass is 295 g/mol. The Labute approximate surface area is 125 Å². The van der Waals surface area contributed by atoms with Crippen LogP contribution in [0.5, 0.6) is 11.5 Å². The van der Waals surface area contributed by atoms with Crippen molar-refractivity contribution in [2.24, 2.45) is 0 Å². The highest BCUT2D eigenvalue weighted by atomic mass is 16.5. The normalized spacial score (nSPS) is 12.2.